The molecule has 6 heteroatoms. The standard InChI is InChI=1S/C21H22F2N2O2/c1-11(2)14-6-4-5-12(3)19(14)25-21(27)16-10-15(16)20(26)24-13-7-8-17(22)18(23)9-13/h4-9,11,15-16H,10H2,1-3H3,(H,24,26)(H,25,27). The van der Waals surface area contributed by atoms with Gasteiger partial charge in [0.25, 0.3) is 0 Å². The average Bonchev–Trinajstić information content (AvgIpc) is 3.40. The largest absolute Gasteiger partial charge is 0.326 e. The molecule has 0 radical (unpaired) electrons. The van der Waals surface area contributed by atoms with Crippen LogP contribution in [0.1, 0.15) is 37.3 Å². The second kappa shape index (κ2) is 7.47. The highest BCUT2D eigenvalue weighted by molar-refractivity contribution is 6.03. The molecule has 2 aromatic rings. The quantitative estimate of drug-likeness (QED) is 0.805. The highest BCUT2D eigenvalue weighted by Crippen LogP contribution is 2.41. The maximum Gasteiger partial charge on any atom is 0.228 e. The van der Waals surface area contributed by atoms with Crippen LogP contribution in [-0.2, 0) is 9.59 Å². The normalized spacial score (nSPS) is 18.3. The van der Waals surface area contributed by atoms with Crippen molar-refractivity contribution in [1.82, 2.24) is 0 Å². The van der Waals surface area contributed by atoms with Crippen LogP contribution in [-0.4, -0.2) is 11.8 Å². The number of para-hydroxylation sites is 1. The van der Waals surface area contributed by atoms with Crippen LogP contribution in [0.25, 0.3) is 0 Å². The highest BCUT2D eigenvalue weighted by Gasteiger charge is 2.48. The Morgan fingerprint density at radius 3 is 2.30 bits per heavy atom. The molecule has 0 spiro atoms. The number of carbonyl (C=O) groups is 2. The molecule has 1 saturated carbocycles. The van der Waals surface area contributed by atoms with E-state index in [4.69, 9.17) is 0 Å². The second-order valence-corrected chi connectivity index (χ2v) is 7.25. The Morgan fingerprint density at radius 1 is 1.00 bits per heavy atom. The Morgan fingerprint density at radius 2 is 1.67 bits per heavy atom. The monoisotopic (exact) mass is 372 g/mol. The lowest BCUT2D eigenvalue weighted by Crippen LogP contribution is -2.21. The molecule has 2 N–H and O–H groups in total. The van der Waals surface area contributed by atoms with E-state index >= 15 is 0 Å². The first-order chi connectivity index (χ1) is 12.8. The molecular formula is C21H22F2N2O2. The Labute approximate surface area is 157 Å². The Hall–Kier alpha value is -2.76. The SMILES string of the molecule is Cc1cccc(C(C)C)c1NC(=O)C1CC1C(=O)Nc1ccc(F)c(F)c1. The Kier molecular flexibility index (Phi) is 5.26. The number of benzene rings is 2. The molecule has 142 valence electrons. The van der Waals surface area contributed by atoms with Crippen molar-refractivity contribution in [3.63, 3.8) is 0 Å². The van der Waals surface area contributed by atoms with Crippen molar-refractivity contribution < 1.29 is 18.4 Å². The minimum atomic E-state index is -1.03. The fourth-order valence-electron chi connectivity index (χ4n) is 3.14. The van der Waals surface area contributed by atoms with Crippen molar-refractivity contribution in [2.45, 2.75) is 33.1 Å². The van der Waals surface area contributed by atoms with E-state index in [2.05, 4.69) is 24.5 Å². The zero-order valence-corrected chi connectivity index (χ0v) is 15.5. The zero-order valence-electron chi connectivity index (χ0n) is 15.5. The lowest BCUT2D eigenvalue weighted by molar-refractivity contribution is -0.122. The van der Waals surface area contributed by atoms with E-state index in [-0.39, 0.29) is 23.4 Å². The molecule has 27 heavy (non-hydrogen) atoms. The summed E-state index contributed by atoms with van der Waals surface area (Å²) in [4.78, 5) is 24.8. The third-order valence-electron chi connectivity index (χ3n) is 4.83. The van der Waals surface area contributed by atoms with Gasteiger partial charge in [-0.05, 0) is 42.5 Å². The number of halogens is 2. The van der Waals surface area contributed by atoms with Crippen molar-refractivity contribution >= 4 is 23.2 Å². The maximum atomic E-state index is 13.2. The number of rotatable bonds is 5. The van der Waals surface area contributed by atoms with Gasteiger partial charge in [-0.1, -0.05) is 32.0 Å². The number of aryl methyl sites for hydroxylation is 1. The van der Waals surface area contributed by atoms with Gasteiger partial charge >= 0.3 is 0 Å². The van der Waals surface area contributed by atoms with E-state index in [1.165, 1.54) is 6.07 Å². The number of hydrogen-bond donors (Lipinski definition) is 2. The molecule has 1 aliphatic rings. The summed E-state index contributed by atoms with van der Waals surface area (Å²) in [7, 11) is 0. The summed E-state index contributed by atoms with van der Waals surface area (Å²) < 4.78 is 26.2. The minimum Gasteiger partial charge on any atom is -0.326 e. The molecular weight excluding hydrogens is 350 g/mol. The van der Waals surface area contributed by atoms with Crippen molar-refractivity contribution in [3.8, 4) is 0 Å². The van der Waals surface area contributed by atoms with Gasteiger partial charge in [0.15, 0.2) is 11.6 Å². The number of hydrogen-bond acceptors (Lipinski definition) is 2. The minimum absolute atomic E-state index is 0.172. The predicted octanol–water partition coefficient (Wildman–Crippen LogP) is 4.61. The summed E-state index contributed by atoms with van der Waals surface area (Å²) in [5.41, 5.74) is 2.99. The molecule has 0 saturated heterocycles. The van der Waals surface area contributed by atoms with Gasteiger partial charge < -0.3 is 10.6 Å². The lowest BCUT2D eigenvalue weighted by Gasteiger charge is -2.16. The molecule has 1 fully saturated rings. The van der Waals surface area contributed by atoms with E-state index in [1.54, 1.807) is 0 Å². The first kappa shape index (κ1) is 19.0. The third-order valence-corrected chi connectivity index (χ3v) is 4.83. The van der Waals surface area contributed by atoms with Crippen LogP contribution in [0.15, 0.2) is 36.4 Å². The summed E-state index contributed by atoms with van der Waals surface area (Å²) in [5.74, 6) is -3.20. The molecule has 3 rings (SSSR count). The fourth-order valence-corrected chi connectivity index (χ4v) is 3.14. The molecule has 0 aromatic heterocycles. The Bertz CT molecular complexity index is 896. The summed E-state index contributed by atoms with van der Waals surface area (Å²) >= 11 is 0. The van der Waals surface area contributed by atoms with Gasteiger partial charge in [-0.25, -0.2) is 8.78 Å². The van der Waals surface area contributed by atoms with Crippen LogP contribution in [0.4, 0.5) is 20.2 Å². The molecule has 2 unspecified atom stereocenters. The number of amides is 2. The van der Waals surface area contributed by atoms with Crippen molar-refractivity contribution in [2.75, 3.05) is 10.6 Å². The van der Waals surface area contributed by atoms with E-state index in [9.17, 15) is 18.4 Å². The van der Waals surface area contributed by atoms with Gasteiger partial charge in [-0.3, -0.25) is 9.59 Å². The van der Waals surface area contributed by atoms with E-state index < -0.39 is 23.5 Å². The van der Waals surface area contributed by atoms with Gasteiger partial charge in [-0.2, -0.15) is 0 Å². The van der Waals surface area contributed by atoms with E-state index in [0.717, 1.165) is 28.9 Å². The first-order valence-electron chi connectivity index (χ1n) is 8.94. The van der Waals surface area contributed by atoms with Crippen molar-refractivity contribution in [2.24, 2.45) is 11.8 Å². The van der Waals surface area contributed by atoms with E-state index in [1.807, 2.05) is 25.1 Å². The summed E-state index contributed by atoms with van der Waals surface area (Å²) in [6.07, 6.45) is 0.435. The molecule has 2 amide bonds. The molecule has 2 atom stereocenters. The smallest absolute Gasteiger partial charge is 0.228 e. The molecule has 2 aromatic carbocycles. The molecule has 4 nitrogen and oxygen atoms in total. The first-order valence-corrected chi connectivity index (χ1v) is 8.94. The maximum absolute atomic E-state index is 13.2. The van der Waals surface area contributed by atoms with Gasteiger partial charge in [0.1, 0.15) is 0 Å². The number of anilines is 2. The summed E-state index contributed by atoms with van der Waals surface area (Å²) in [6.45, 7) is 6.04. The topological polar surface area (TPSA) is 58.2 Å². The van der Waals surface area contributed by atoms with E-state index in [0.29, 0.717) is 6.42 Å². The Balaban J connectivity index is 1.64. The van der Waals surface area contributed by atoms with Crippen LogP contribution in [0.5, 0.6) is 0 Å². The van der Waals surface area contributed by atoms with Crippen LogP contribution >= 0.6 is 0 Å². The van der Waals surface area contributed by atoms with Gasteiger partial charge in [0.05, 0.1) is 11.8 Å². The number of carbonyl (C=O) groups excluding carboxylic acids is 2. The molecule has 1 aliphatic carbocycles. The summed E-state index contributed by atoms with van der Waals surface area (Å²) in [5, 5.41) is 5.49. The fraction of sp³-hybridized carbons (Fsp3) is 0.333. The van der Waals surface area contributed by atoms with Crippen LogP contribution in [0.2, 0.25) is 0 Å². The molecule has 0 heterocycles. The van der Waals surface area contributed by atoms with Gasteiger partial charge in [0.2, 0.25) is 11.8 Å². The van der Waals surface area contributed by atoms with Crippen molar-refractivity contribution in [3.05, 3.63) is 59.2 Å². The van der Waals surface area contributed by atoms with Crippen LogP contribution in [0, 0.1) is 30.4 Å². The highest BCUT2D eigenvalue weighted by atomic mass is 19.2. The van der Waals surface area contributed by atoms with Gasteiger partial charge in [-0.15, -0.1) is 0 Å². The van der Waals surface area contributed by atoms with Crippen LogP contribution < -0.4 is 10.6 Å². The van der Waals surface area contributed by atoms with Crippen LogP contribution in [0.3, 0.4) is 0 Å². The second-order valence-electron chi connectivity index (χ2n) is 7.25. The average molecular weight is 372 g/mol. The molecule has 0 aliphatic heterocycles. The number of nitrogens with one attached hydrogen (secondary N) is 2. The third kappa shape index (κ3) is 4.15. The van der Waals surface area contributed by atoms with Crippen molar-refractivity contribution in [1.29, 1.82) is 0 Å². The predicted molar refractivity (Wildman–Crippen MR) is 100 cm³/mol. The lowest BCUT2D eigenvalue weighted by atomic mass is 9.98. The molecule has 0 bridgehead atoms. The summed E-state index contributed by atoms with van der Waals surface area (Å²) in [6, 6.07) is 9.03. The van der Waals surface area contributed by atoms with Gasteiger partial charge in [0, 0.05) is 17.4 Å². The zero-order chi connectivity index (χ0) is 19.7.